The first-order valence-electron chi connectivity index (χ1n) is 13.1. The Labute approximate surface area is 216 Å². The van der Waals surface area contributed by atoms with Crippen molar-refractivity contribution in [3.8, 4) is 28.7 Å². The van der Waals surface area contributed by atoms with Crippen molar-refractivity contribution in [3.63, 3.8) is 0 Å². The molecule has 198 valence electrons. The smallest absolute Gasteiger partial charge is 0.310 e. The number of methoxy groups -OCH3 is 2. The van der Waals surface area contributed by atoms with Crippen LogP contribution in [0.2, 0.25) is 0 Å². The molecule has 9 nitrogen and oxygen atoms in total. The third-order valence-electron chi connectivity index (χ3n) is 8.29. The van der Waals surface area contributed by atoms with Crippen molar-refractivity contribution in [2.45, 2.75) is 31.2 Å². The summed E-state index contributed by atoms with van der Waals surface area (Å²) in [5, 5.41) is 14.3. The van der Waals surface area contributed by atoms with Gasteiger partial charge in [0.2, 0.25) is 12.5 Å². The number of carbonyl (C=O) groups is 1. The van der Waals surface area contributed by atoms with Crippen LogP contribution in [0.1, 0.15) is 47.9 Å². The van der Waals surface area contributed by atoms with Gasteiger partial charge >= 0.3 is 5.97 Å². The maximum absolute atomic E-state index is 13.3. The number of phenolic OH excluding ortho intramolecular Hbond substituents is 1. The molecular formula is C28H34N2O7. The van der Waals surface area contributed by atoms with Crippen molar-refractivity contribution in [1.82, 2.24) is 10.2 Å². The summed E-state index contributed by atoms with van der Waals surface area (Å²) in [4.78, 5) is 15.8. The third kappa shape index (κ3) is 4.24. The first-order chi connectivity index (χ1) is 18.1. The zero-order chi connectivity index (χ0) is 25.5. The number of piperidine rings is 1. The second kappa shape index (κ2) is 9.95. The molecule has 1 aliphatic carbocycles. The summed E-state index contributed by atoms with van der Waals surface area (Å²) < 4.78 is 28.1. The Morgan fingerprint density at radius 1 is 0.973 bits per heavy atom. The normalized spacial score (nSPS) is 26.4. The van der Waals surface area contributed by atoms with E-state index in [1.165, 1.54) is 33.5 Å². The highest BCUT2D eigenvalue weighted by atomic mass is 16.7. The van der Waals surface area contributed by atoms with Crippen LogP contribution < -0.4 is 24.3 Å². The number of hydrogen-bond donors (Lipinski definition) is 2. The molecular weight excluding hydrogens is 476 g/mol. The van der Waals surface area contributed by atoms with Gasteiger partial charge in [-0.1, -0.05) is 6.42 Å². The van der Waals surface area contributed by atoms with Crippen LogP contribution in [-0.4, -0.2) is 69.8 Å². The van der Waals surface area contributed by atoms with Gasteiger partial charge in [-0.15, -0.1) is 0 Å². The van der Waals surface area contributed by atoms with E-state index >= 15 is 0 Å². The molecule has 2 N–H and O–H groups in total. The van der Waals surface area contributed by atoms with Crippen LogP contribution in [0.4, 0.5) is 0 Å². The summed E-state index contributed by atoms with van der Waals surface area (Å²) in [7, 11) is 3.00. The minimum Gasteiger partial charge on any atom is -0.502 e. The van der Waals surface area contributed by atoms with Crippen molar-refractivity contribution in [2.75, 3.05) is 53.8 Å². The molecule has 0 spiro atoms. The molecule has 37 heavy (non-hydrogen) atoms. The van der Waals surface area contributed by atoms with E-state index in [9.17, 15) is 9.90 Å². The number of benzene rings is 2. The van der Waals surface area contributed by atoms with Gasteiger partial charge in [-0.3, -0.25) is 4.79 Å². The van der Waals surface area contributed by atoms with Crippen molar-refractivity contribution >= 4 is 5.97 Å². The molecule has 3 heterocycles. The lowest BCUT2D eigenvalue weighted by molar-refractivity contribution is -0.141. The predicted octanol–water partition coefficient (Wildman–Crippen LogP) is 3.19. The average molecular weight is 511 g/mol. The number of phenols is 1. The largest absolute Gasteiger partial charge is 0.502 e. The minimum atomic E-state index is -0.403. The van der Waals surface area contributed by atoms with Gasteiger partial charge in [0.25, 0.3) is 0 Å². The highest BCUT2D eigenvalue weighted by Gasteiger charge is 2.52. The fraction of sp³-hybridized carbons (Fsp3) is 0.536. The van der Waals surface area contributed by atoms with Gasteiger partial charge in [-0.25, -0.2) is 0 Å². The molecule has 2 aromatic rings. The number of likely N-dealkylation sites (tertiary alicyclic amines) is 1. The molecule has 0 amide bonds. The number of esters is 1. The lowest BCUT2D eigenvalue weighted by atomic mass is 9.65. The molecule has 9 heteroatoms. The van der Waals surface area contributed by atoms with Gasteiger partial charge in [0.05, 0.1) is 26.7 Å². The number of cyclic esters (lactones) is 1. The van der Waals surface area contributed by atoms with Crippen LogP contribution in [0.15, 0.2) is 24.3 Å². The van der Waals surface area contributed by atoms with Gasteiger partial charge < -0.3 is 39.0 Å². The zero-order valence-corrected chi connectivity index (χ0v) is 21.3. The Hall–Kier alpha value is -3.17. The van der Waals surface area contributed by atoms with Crippen LogP contribution >= 0.6 is 0 Å². The van der Waals surface area contributed by atoms with Crippen LogP contribution in [0.25, 0.3) is 0 Å². The second-order valence-electron chi connectivity index (χ2n) is 10.2. The zero-order valence-electron chi connectivity index (χ0n) is 21.3. The number of aromatic hydroxyl groups is 1. The summed E-state index contributed by atoms with van der Waals surface area (Å²) in [6.45, 7) is 4.59. The fourth-order valence-electron chi connectivity index (χ4n) is 6.48. The summed E-state index contributed by atoms with van der Waals surface area (Å²) in [6, 6.07) is 7.54. The Bertz CT molecular complexity index is 1150. The van der Waals surface area contributed by atoms with Crippen molar-refractivity contribution in [1.29, 1.82) is 0 Å². The molecule has 2 saturated heterocycles. The Morgan fingerprint density at radius 3 is 2.32 bits per heavy atom. The summed E-state index contributed by atoms with van der Waals surface area (Å²) in [6.07, 6.45) is 3.82. The molecule has 3 aliphatic heterocycles. The number of fused-ring (bicyclic) bond motifs is 3. The SMILES string of the molecule is COc1cc(C2c3cc4c(cc3[C@@H](NCCN3CCCCC3)C3COC(=O)[C@H]23)OCO4)cc(OC)c1O. The van der Waals surface area contributed by atoms with Gasteiger partial charge in [0.15, 0.2) is 23.0 Å². The number of nitrogens with one attached hydrogen (secondary N) is 1. The number of rotatable bonds is 7. The van der Waals surface area contributed by atoms with E-state index in [1.54, 1.807) is 12.1 Å². The van der Waals surface area contributed by atoms with Crippen LogP contribution in [0.3, 0.4) is 0 Å². The quantitative estimate of drug-likeness (QED) is 0.544. The molecule has 0 bridgehead atoms. The highest BCUT2D eigenvalue weighted by molar-refractivity contribution is 5.79. The Balaban J connectivity index is 1.42. The number of hydrogen-bond acceptors (Lipinski definition) is 9. The van der Waals surface area contributed by atoms with E-state index in [4.69, 9.17) is 23.7 Å². The first kappa shape index (κ1) is 24.2. The third-order valence-corrected chi connectivity index (χ3v) is 8.29. The molecule has 4 aliphatic rings. The minimum absolute atomic E-state index is 0.0579. The van der Waals surface area contributed by atoms with Gasteiger partial charge in [-0.05, 0) is 66.9 Å². The van der Waals surface area contributed by atoms with Crippen LogP contribution in [-0.2, 0) is 9.53 Å². The van der Waals surface area contributed by atoms with Crippen molar-refractivity contribution < 1.29 is 33.6 Å². The standard InChI is InChI=1S/C28H34N2O7/c1-33-22-10-16(11-23(34-2)27(22)31)24-17-12-20-21(37-15-36-20)13-18(17)26(19-14-35-28(32)25(19)24)29-6-9-30-7-4-3-5-8-30/h10-13,19,24-26,29,31H,3-9,14-15H2,1-2H3/t19?,24?,25-,26+/m0/s1. The lowest BCUT2D eigenvalue weighted by Gasteiger charge is -2.40. The Morgan fingerprint density at radius 2 is 1.65 bits per heavy atom. The average Bonchev–Trinajstić information content (AvgIpc) is 3.54. The van der Waals surface area contributed by atoms with Gasteiger partial charge in [0.1, 0.15) is 0 Å². The van der Waals surface area contributed by atoms with E-state index in [0.29, 0.717) is 29.6 Å². The number of carbonyl (C=O) groups excluding carboxylic acids is 1. The molecule has 2 unspecified atom stereocenters. The molecule has 0 aromatic heterocycles. The van der Waals surface area contributed by atoms with E-state index in [1.807, 2.05) is 6.07 Å². The molecule has 4 atom stereocenters. The van der Waals surface area contributed by atoms with Gasteiger partial charge in [0, 0.05) is 31.0 Å². The summed E-state index contributed by atoms with van der Waals surface area (Å²) >= 11 is 0. The fourth-order valence-corrected chi connectivity index (χ4v) is 6.48. The second-order valence-corrected chi connectivity index (χ2v) is 10.2. The molecule has 2 fully saturated rings. The monoisotopic (exact) mass is 510 g/mol. The molecule has 6 rings (SSSR count). The van der Waals surface area contributed by atoms with Crippen LogP contribution in [0, 0.1) is 11.8 Å². The molecule has 2 aromatic carbocycles. The maximum Gasteiger partial charge on any atom is 0.310 e. The summed E-state index contributed by atoms with van der Waals surface area (Å²) in [5.74, 6) is 0.890. The number of ether oxygens (including phenoxy) is 5. The summed E-state index contributed by atoms with van der Waals surface area (Å²) in [5.41, 5.74) is 2.88. The van der Waals surface area contributed by atoms with Crippen LogP contribution in [0.5, 0.6) is 28.7 Å². The van der Waals surface area contributed by atoms with Crippen molar-refractivity contribution in [2.24, 2.45) is 11.8 Å². The van der Waals surface area contributed by atoms with E-state index in [-0.39, 0.29) is 36.4 Å². The number of nitrogens with zero attached hydrogens (tertiary/aromatic N) is 1. The lowest BCUT2D eigenvalue weighted by Crippen LogP contribution is -2.43. The molecule has 0 saturated carbocycles. The predicted molar refractivity (Wildman–Crippen MR) is 135 cm³/mol. The van der Waals surface area contributed by atoms with E-state index in [2.05, 4.69) is 16.3 Å². The van der Waals surface area contributed by atoms with E-state index < -0.39 is 5.92 Å². The topological polar surface area (TPSA) is 98.7 Å². The Kier molecular flexibility index (Phi) is 6.50. The van der Waals surface area contributed by atoms with Crippen molar-refractivity contribution in [3.05, 3.63) is 41.0 Å². The first-order valence-corrected chi connectivity index (χ1v) is 13.1. The van der Waals surface area contributed by atoms with Gasteiger partial charge in [-0.2, -0.15) is 0 Å². The maximum atomic E-state index is 13.3. The highest BCUT2D eigenvalue weighted by Crippen LogP contribution is 2.55. The van der Waals surface area contributed by atoms with E-state index in [0.717, 1.165) is 42.9 Å². The molecule has 0 radical (unpaired) electrons.